The molecule has 7 heteroatoms. The first-order chi connectivity index (χ1) is 11.3. The van der Waals surface area contributed by atoms with E-state index in [-0.39, 0.29) is 18.3 Å². The molecule has 24 heavy (non-hydrogen) atoms. The van der Waals surface area contributed by atoms with Gasteiger partial charge in [0.05, 0.1) is 5.56 Å². The van der Waals surface area contributed by atoms with E-state index in [1.807, 2.05) is 0 Å². The number of hydrogen-bond donors (Lipinski definition) is 2. The second-order valence-corrected chi connectivity index (χ2v) is 5.62. The maximum Gasteiger partial charge on any atom is 0.416 e. The zero-order valence-electron chi connectivity index (χ0n) is 12.5. The van der Waals surface area contributed by atoms with Gasteiger partial charge < -0.3 is 10.6 Å². The van der Waals surface area contributed by atoms with Crippen molar-refractivity contribution in [3.63, 3.8) is 0 Å². The summed E-state index contributed by atoms with van der Waals surface area (Å²) in [5.74, 6) is -0.645. The third-order valence-electron chi connectivity index (χ3n) is 3.89. The first-order valence-electron chi connectivity index (χ1n) is 7.32. The molecule has 1 aliphatic rings. The zero-order valence-corrected chi connectivity index (χ0v) is 12.5. The Balaban J connectivity index is 1.57. The van der Waals surface area contributed by atoms with Gasteiger partial charge >= 0.3 is 6.18 Å². The molecule has 2 N–H and O–H groups in total. The van der Waals surface area contributed by atoms with E-state index < -0.39 is 17.8 Å². The highest BCUT2D eigenvalue weighted by Crippen LogP contribution is 2.29. The maximum atomic E-state index is 13.2. The van der Waals surface area contributed by atoms with Gasteiger partial charge in [0, 0.05) is 18.7 Å². The van der Waals surface area contributed by atoms with Gasteiger partial charge in [-0.3, -0.25) is 4.79 Å². The first-order valence-corrected chi connectivity index (χ1v) is 7.32. The van der Waals surface area contributed by atoms with Gasteiger partial charge in [0.2, 0.25) is 5.91 Å². The van der Waals surface area contributed by atoms with E-state index in [0.29, 0.717) is 17.7 Å². The molecule has 0 aromatic heterocycles. The second-order valence-electron chi connectivity index (χ2n) is 5.62. The van der Waals surface area contributed by atoms with Crippen LogP contribution in [0.2, 0.25) is 0 Å². The Kier molecular flexibility index (Phi) is 4.17. The fraction of sp³-hybridized carbons (Fsp3) is 0.235. The molecule has 0 bridgehead atoms. The number of halogens is 4. The Morgan fingerprint density at radius 1 is 1.17 bits per heavy atom. The van der Waals surface area contributed by atoms with Crippen molar-refractivity contribution >= 4 is 11.6 Å². The largest absolute Gasteiger partial charge is 0.416 e. The van der Waals surface area contributed by atoms with Crippen LogP contribution in [-0.4, -0.2) is 11.9 Å². The van der Waals surface area contributed by atoms with Gasteiger partial charge in [-0.15, -0.1) is 0 Å². The molecule has 3 nitrogen and oxygen atoms in total. The third kappa shape index (κ3) is 3.50. The number of alkyl halides is 3. The van der Waals surface area contributed by atoms with Crippen LogP contribution in [0.25, 0.3) is 0 Å². The second kappa shape index (κ2) is 6.14. The number of benzene rings is 2. The summed E-state index contributed by atoms with van der Waals surface area (Å²) >= 11 is 0. The fourth-order valence-electron chi connectivity index (χ4n) is 2.61. The predicted molar refractivity (Wildman–Crippen MR) is 80.8 cm³/mol. The number of anilines is 1. The van der Waals surface area contributed by atoms with Crippen molar-refractivity contribution in [1.29, 1.82) is 0 Å². The molecule has 2 aromatic carbocycles. The number of amides is 1. The standard InChI is InChI=1S/C17H14F4N2O/c18-13-5-6-14-11(7-13)8-15(23-14)16(24)22-9-10-1-3-12(4-2-10)17(19,20)21/h1-7,15,23H,8-9H2,(H,22,24). The van der Waals surface area contributed by atoms with E-state index in [9.17, 15) is 22.4 Å². The van der Waals surface area contributed by atoms with Gasteiger partial charge in [-0.25, -0.2) is 4.39 Å². The Morgan fingerprint density at radius 3 is 2.54 bits per heavy atom. The van der Waals surface area contributed by atoms with Crippen molar-refractivity contribution in [1.82, 2.24) is 5.32 Å². The lowest BCUT2D eigenvalue weighted by Crippen LogP contribution is -2.38. The van der Waals surface area contributed by atoms with Crippen molar-refractivity contribution in [2.75, 3.05) is 5.32 Å². The van der Waals surface area contributed by atoms with Crippen molar-refractivity contribution < 1.29 is 22.4 Å². The summed E-state index contributed by atoms with van der Waals surface area (Å²) in [6, 6.07) is 8.37. The van der Waals surface area contributed by atoms with E-state index in [1.54, 1.807) is 6.07 Å². The van der Waals surface area contributed by atoms with Crippen molar-refractivity contribution in [2.45, 2.75) is 25.2 Å². The van der Waals surface area contributed by atoms with E-state index in [0.717, 1.165) is 17.7 Å². The lowest BCUT2D eigenvalue weighted by molar-refractivity contribution is -0.137. The van der Waals surface area contributed by atoms with Crippen LogP contribution < -0.4 is 10.6 Å². The van der Waals surface area contributed by atoms with Gasteiger partial charge in [-0.1, -0.05) is 12.1 Å². The monoisotopic (exact) mass is 338 g/mol. The number of nitrogens with one attached hydrogen (secondary N) is 2. The molecular formula is C17H14F4N2O. The summed E-state index contributed by atoms with van der Waals surface area (Å²) in [5, 5.41) is 5.67. The zero-order chi connectivity index (χ0) is 17.3. The summed E-state index contributed by atoms with van der Waals surface area (Å²) in [6.45, 7) is 0.125. The molecule has 1 amide bonds. The summed E-state index contributed by atoms with van der Waals surface area (Å²) in [6.07, 6.45) is -4.01. The van der Waals surface area contributed by atoms with Gasteiger partial charge in [0.1, 0.15) is 11.9 Å². The molecular weight excluding hydrogens is 324 g/mol. The molecule has 0 saturated heterocycles. The maximum absolute atomic E-state index is 13.2. The topological polar surface area (TPSA) is 41.1 Å². The molecule has 3 rings (SSSR count). The molecule has 126 valence electrons. The average Bonchev–Trinajstić information content (AvgIpc) is 2.95. The SMILES string of the molecule is O=C(NCc1ccc(C(F)(F)F)cc1)C1Cc2cc(F)ccc2N1. The molecule has 1 aliphatic heterocycles. The predicted octanol–water partition coefficient (Wildman–Crippen LogP) is 3.50. The minimum absolute atomic E-state index is 0.125. The summed E-state index contributed by atoms with van der Waals surface area (Å²) in [5.41, 5.74) is 1.28. The Morgan fingerprint density at radius 2 is 1.88 bits per heavy atom. The summed E-state index contributed by atoms with van der Waals surface area (Å²) in [7, 11) is 0. The van der Waals surface area contributed by atoms with Crippen LogP contribution >= 0.6 is 0 Å². The molecule has 1 atom stereocenters. The van der Waals surface area contributed by atoms with Gasteiger partial charge in [-0.05, 0) is 41.5 Å². The van der Waals surface area contributed by atoms with Crippen LogP contribution in [0.5, 0.6) is 0 Å². The Bertz CT molecular complexity index is 756. The number of fused-ring (bicyclic) bond motifs is 1. The number of hydrogen-bond acceptors (Lipinski definition) is 2. The average molecular weight is 338 g/mol. The number of carbonyl (C=O) groups is 1. The molecule has 1 heterocycles. The lowest BCUT2D eigenvalue weighted by Gasteiger charge is -2.12. The van der Waals surface area contributed by atoms with Crippen molar-refractivity contribution in [3.8, 4) is 0 Å². The highest BCUT2D eigenvalue weighted by molar-refractivity contribution is 5.87. The van der Waals surface area contributed by atoms with Crippen LogP contribution in [0.4, 0.5) is 23.2 Å². The minimum Gasteiger partial charge on any atom is -0.373 e. The third-order valence-corrected chi connectivity index (χ3v) is 3.89. The van der Waals surface area contributed by atoms with Crippen molar-refractivity contribution in [2.24, 2.45) is 0 Å². The Labute approximate surface area is 135 Å². The van der Waals surface area contributed by atoms with E-state index in [2.05, 4.69) is 10.6 Å². The lowest BCUT2D eigenvalue weighted by atomic mass is 10.1. The molecule has 2 aromatic rings. The van der Waals surface area contributed by atoms with Crippen LogP contribution in [0.1, 0.15) is 16.7 Å². The van der Waals surface area contributed by atoms with Gasteiger partial charge in [0.15, 0.2) is 0 Å². The Hall–Kier alpha value is -2.57. The van der Waals surface area contributed by atoms with Gasteiger partial charge in [0.25, 0.3) is 0 Å². The normalized spacial score (nSPS) is 16.4. The smallest absolute Gasteiger partial charge is 0.373 e. The van der Waals surface area contributed by atoms with Crippen LogP contribution in [-0.2, 0) is 23.9 Å². The van der Waals surface area contributed by atoms with Crippen molar-refractivity contribution in [3.05, 3.63) is 65.0 Å². The van der Waals surface area contributed by atoms with Crippen LogP contribution in [0.3, 0.4) is 0 Å². The first kappa shape index (κ1) is 16.3. The van der Waals surface area contributed by atoms with E-state index in [1.165, 1.54) is 24.3 Å². The molecule has 0 aliphatic carbocycles. The molecule has 0 fully saturated rings. The highest BCUT2D eigenvalue weighted by atomic mass is 19.4. The minimum atomic E-state index is -4.38. The van der Waals surface area contributed by atoms with Crippen LogP contribution in [0.15, 0.2) is 42.5 Å². The fourth-order valence-corrected chi connectivity index (χ4v) is 2.61. The highest BCUT2D eigenvalue weighted by Gasteiger charge is 2.30. The van der Waals surface area contributed by atoms with Crippen LogP contribution in [0, 0.1) is 5.82 Å². The summed E-state index contributed by atoms with van der Waals surface area (Å²) < 4.78 is 50.6. The van der Waals surface area contributed by atoms with E-state index in [4.69, 9.17) is 0 Å². The van der Waals surface area contributed by atoms with Gasteiger partial charge in [-0.2, -0.15) is 13.2 Å². The summed E-state index contributed by atoms with van der Waals surface area (Å²) in [4.78, 5) is 12.2. The molecule has 1 unspecified atom stereocenters. The van der Waals surface area contributed by atoms with E-state index >= 15 is 0 Å². The molecule has 0 spiro atoms. The molecule has 0 saturated carbocycles. The number of rotatable bonds is 3. The number of carbonyl (C=O) groups excluding carboxylic acids is 1. The quantitative estimate of drug-likeness (QED) is 0.841. The molecule has 0 radical (unpaired) electrons.